The molecule has 1 N–H and O–H groups in total. The van der Waals surface area contributed by atoms with E-state index in [-0.39, 0.29) is 6.61 Å². The first-order valence-electron chi connectivity index (χ1n) is 9.58. The van der Waals surface area contributed by atoms with Crippen LogP contribution in [0.5, 0.6) is 0 Å². The fourth-order valence-electron chi connectivity index (χ4n) is 3.23. The monoisotopic (exact) mass is 434 g/mol. The summed E-state index contributed by atoms with van der Waals surface area (Å²) in [5, 5.41) is 20.4. The van der Waals surface area contributed by atoms with E-state index < -0.39 is 6.10 Å². The molecule has 0 spiro atoms. The highest BCUT2D eigenvalue weighted by atomic mass is 35.5. The van der Waals surface area contributed by atoms with E-state index in [0.29, 0.717) is 22.5 Å². The van der Waals surface area contributed by atoms with Crippen molar-refractivity contribution in [2.45, 2.75) is 30.7 Å². The average molecular weight is 435 g/mol. The molecule has 2 aromatic heterocycles. The summed E-state index contributed by atoms with van der Waals surface area (Å²) in [5.74, 6) is 1.96. The van der Waals surface area contributed by atoms with E-state index in [4.69, 9.17) is 20.8 Å². The summed E-state index contributed by atoms with van der Waals surface area (Å²) < 4.78 is 12.7. The Hall–Kier alpha value is -2.00. The molecule has 1 aliphatic heterocycles. The van der Waals surface area contributed by atoms with E-state index in [1.54, 1.807) is 6.26 Å². The minimum absolute atomic E-state index is 0.215. The van der Waals surface area contributed by atoms with Crippen LogP contribution in [0.3, 0.4) is 0 Å². The summed E-state index contributed by atoms with van der Waals surface area (Å²) in [6.45, 7) is 2.46. The van der Waals surface area contributed by atoms with Gasteiger partial charge in [-0.05, 0) is 37.1 Å². The van der Waals surface area contributed by atoms with Gasteiger partial charge in [0.15, 0.2) is 5.16 Å². The molecule has 1 saturated heterocycles. The molecule has 3 aromatic rings. The van der Waals surface area contributed by atoms with Crippen LogP contribution in [0.2, 0.25) is 5.02 Å². The van der Waals surface area contributed by atoms with Gasteiger partial charge in [0, 0.05) is 18.8 Å². The van der Waals surface area contributed by atoms with Crippen molar-refractivity contribution in [2.75, 3.05) is 30.3 Å². The lowest BCUT2D eigenvalue weighted by Crippen LogP contribution is -2.22. The lowest BCUT2D eigenvalue weighted by molar-refractivity contribution is 0.0328. The molecule has 0 radical (unpaired) electrons. The number of rotatable bonds is 9. The number of hydrogen-bond donors (Lipinski definition) is 1. The van der Waals surface area contributed by atoms with Gasteiger partial charge >= 0.3 is 0 Å². The molecule has 0 aliphatic carbocycles. The van der Waals surface area contributed by atoms with Gasteiger partial charge in [-0.1, -0.05) is 35.5 Å². The molecule has 1 atom stereocenters. The fraction of sp³-hybridized carbons (Fsp3) is 0.400. The van der Waals surface area contributed by atoms with Gasteiger partial charge in [0.2, 0.25) is 5.95 Å². The summed E-state index contributed by atoms with van der Waals surface area (Å²) >= 11 is 7.90. The summed E-state index contributed by atoms with van der Waals surface area (Å²) in [5.41, 5.74) is 0.840. The Morgan fingerprint density at radius 3 is 2.76 bits per heavy atom. The molecule has 1 aliphatic rings. The minimum Gasteiger partial charge on any atom is -0.467 e. The molecule has 3 heterocycles. The third-order valence-corrected chi connectivity index (χ3v) is 6.03. The Kier molecular flexibility index (Phi) is 6.76. The molecule has 9 heteroatoms. The van der Waals surface area contributed by atoms with Crippen LogP contribution in [-0.4, -0.2) is 51.4 Å². The number of furan rings is 1. The van der Waals surface area contributed by atoms with Crippen molar-refractivity contribution in [3.8, 4) is 5.69 Å². The molecule has 0 saturated carbocycles. The Balaban J connectivity index is 1.44. The van der Waals surface area contributed by atoms with Crippen LogP contribution >= 0.6 is 23.4 Å². The average Bonchev–Trinajstić information content (AvgIpc) is 3.48. The first-order chi connectivity index (χ1) is 14.2. The normalized spacial score (nSPS) is 15.2. The number of halogens is 1. The van der Waals surface area contributed by atoms with Crippen molar-refractivity contribution < 1.29 is 14.3 Å². The molecular weight excluding hydrogens is 412 g/mol. The molecule has 4 rings (SSSR count). The maximum Gasteiger partial charge on any atom is 0.232 e. The Morgan fingerprint density at radius 2 is 2.00 bits per heavy atom. The molecule has 7 nitrogen and oxygen atoms in total. The van der Waals surface area contributed by atoms with Crippen molar-refractivity contribution in [1.29, 1.82) is 0 Å². The second kappa shape index (κ2) is 9.67. The standard InChI is InChI=1S/C20H23ClN4O3S/c21-17-7-1-2-8-18(17)25-19(24-9-3-4-10-24)22-23-20(25)29-14-15(26)12-27-13-16-6-5-11-28-16/h1-2,5-8,11,15,26H,3-4,9-10,12-14H2. The van der Waals surface area contributed by atoms with Gasteiger partial charge in [-0.3, -0.25) is 4.57 Å². The summed E-state index contributed by atoms with van der Waals surface area (Å²) in [6.07, 6.45) is 3.25. The highest BCUT2D eigenvalue weighted by Gasteiger charge is 2.24. The molecule has 154 valence electrons. The van der Waals surface area contributed by atoms with Crippen LogP contribution in [0.4, 0.5) is 5.95 Å². The molecule has 0 bridgehead atoms. The minimum atomic E-state index is -0.637. The van der Waals surface area contributed by atoms with Crippen LogP contribution in [0.25, 0.3) is 5.69 Å². The van der Waals surface area contributed by atoms with E-state index in [9.17, 15) is 5.11 Å². The molecule has 1 unspecified atom stereocenters. The topological polar surface area (TPSA) is 76.5 Å². The number of hydrogen-bond acceptors (Lipinski definition) is 7. The van der Waals surface area contributed by atoms with Crippen LogP contribution < -0.4 is 4.90 Å². The van der Waals surface area contributed by atoms with Crippen molar-refractivity contribution in [3.63, 3.8) is 0 Å². The summed E-state index contributed by atoms with van der Waals surface area (Å²) in [4.78, 5) is 2.23. The van der Waals surface area contributed by atoms with E-state index >= 15 is 0 Å². The number of para-hydroxylation sites is 1. The summed E-state index contributed by atoms with van der Waals surface area (Å²) in [7, 11) is 0. The van der Waals surface area contributed by atoms with Crippen LogP contribution in [0, 0.1) is 0 Å². The summed E-state index contributed by atoms with van der Waals surface area (Å²) in [6, 6.07) is 11.3. The number of aromatic nitrogens is 3. The first-order valence-corrected chi connectivity index (χ1v) is 10.9. The Bertz CT molecular complexity index is 912. The number of aliphatic hydroxyl groups excluding tert-OH is 1. The number of anilines is 1. The Labute approximate surface area is 178 Å². The Morgan fingerprint density at radius 1 is 1.17 bits per heavy atom. The zero-order chi connectivity index (χ0) is 20.1. The number of benzene rings is 1. The molecular formula is C20H23ClN4O3S. The number of aliphatic hydroxyl groups is 1. The smallest absolute Gasteiger partial charge is 0.232 e. The number of thioether (sulfide) groups is 1. The van der Waals surface area contributed by atoms with Gasteiger partial charge in [-0.25, -0.2) is 0 Å². The van der Waals surface area contributed by atoms with Crippen molar-refractivity contribution in [1.82, 2.24) is 14.8 Å². The highest BCUT2D eigenvalue weighted by molar-refractivity contribution is 7.99. The van der Waals surface area contributed by atoms with Gasteiger partial charge in [0.05, 0.1) is 29.7 Å². The van der Waals surface area contributed by atoms with Crippen molar-refractivity contribution in [3.05, 3.63) is 53.4 Å². The molecule has 1 fully saturated rings. The van der Waals surface area contributed by atoms with Gasteiger partial charge < -0.3 is 19.2 Å². The zero-order valence-electron chi connectivity index (χ0n) is 15.9. The molecule has 1 aromatic carbocycles. The van der Waals surface area contributed by atoms with Gasteiger partial charge in [0.1, 0.15) is 12.4 Å². The van der Waals surface area contributed by atoms with Gasteiger partial charge in [-0.2, -0.15) is 0 Å². The van der Waals surface area contributed by atoms with Crippen LogP contribution in [-0.2, 0) is 11.3 Å². The third-order valence-electron chi connectivity index (χ3n) is 4.64. The number of nitrogens with zero attached hydrogens (tertiary/aromatic N) is 4. The van der Waals surface area contributed by atoms with E-state index in [1.807, 2.05) is 41.0 Å². The maximum absolute atomic E-state index is 10.3. The lowest BCUT2D eigenvalue weighted by atomic mass is 10.3. The maximum atomic E-state index is 10.3. The predicted molar refractivity (Wildman–Crippen MR) is 113 cm³/mol. The fourth-order valence-corrected chi connectivity index (χ4v) is 4.30. The van der Waals surface area contributed by atoms with E-state index in [1.165, 1.54) is 11.8 Å². The lowest BCUT2D eigenvalue weighted by Gasteiger charge is -2.19. The third kappa shape index (κ3) is 4.95. The highest BCUT2D eigenvalue weighted by Crippen LogP contribution is 2.32. The number of ether oxygens (including phenoxy) is 1. The molecule has 0 amide bonds. The predicted octanol–water partition coefficient (Wildman–Crippen LogP) is 3.78. The molecule has 29 heavy (non-hydrogen) atoms. The second-order valence-electron chi connectivity index (χ2n) is 6.82. The first kappa shape index (κ1) is 20.3. The second-order valence-corrected chi connectivity index (χ2v) is 8.22. The SMILES string of the molecule is OC(COCc1ccco1)CSc1nnc(N2CCCC2)n1-c1ccccc1Cl. The van der Waals surface area contributed by atoms with Crippen molar-refractivity contribution in [2.24, 2.45) is 0 Å². The van der Waals surface area contributed by atoms with E-state index in [0.717, 1.165) is 43.3 Å². The zero-order valence-corrected chi connectivity index (χ0v) is 17.5. The van der Waals surface area contributed by atoms with Crippen LogP contribution in [0.1, 0.15) is 18.6 Å². The van der Waals surface area contributed by atoms with E-state index in [2.05, 4.69) is 15.1 Å². The van der Waals surface area contributed by atoms with Crippen molar-refractivity contribution >= 4 is 29.3 Å². The van der Waals surface area contributed by atoms with Gasteiger partial charge in [-0.15, -0.1) is 10.2 Å². The van der Waals surface area contributed by atoms with Crippen LogP contribution in [0.15, 0.2) is 52.2 Å². The van der Waals surface area contributed by atoms with Gasteiger partial charge in [0.25, 0.3) is 0 Å². The largest absolute Gasteiger partial charge is 0.467 e. The quantitative estimate of drug-likeness (QED) is 0.513.